The van der Waals surface area contributed by atoms with E-state index >= 15 is 0 Å². The number of anilines is 1. The van der Waals surface area contributed by atoms with E-state index in [2.05, 4.69) is 47.9 Å². The Morgan fingerprint density at radius 2 is 1.72 bits per heavy atom. The van der Waals surface area contributed by atoms with Gasteiger partial charge in [-0.3, -0.25) is 4.79 Å². The van der Waals surface area contributed by atoms with E-state index < -0.39 is 0 Å². The average Bonchev–Trinajstić information content (AvgIpc) is 2.93. The van der Waals surface area contributed by atoms with Crippen LogP contribution in [0.3, 0.4) is 0 Å². The van der Waals surface area contributed by atoms with Crippen molar-refractivity contribution < 1.29 is 14.3 Å². The smallest absolute Gasteiger partial charge is 0.321 e. The molecular formula is C30H35N3O3. The van der Waals surface area contributed by atoms with Crippen LogP contribution < -0.4 is 15.4 Å². The van der Waals surface area contributed by atoms with Crippen LogP contribution in [-0.2, 0) is 13.0 Å². The lowest BCUT2D eigenvalue weighted by Gasteiger charge is -2.33. The monoisotopic (exact) mass is 485 g/mol. The van der Waals surface area contributed by atoms with Gasteiger partial charge in [-0.05, 0) is 79.3 Å². The van der Waals surface area contributed by atoms with Crippen LogP contribution in [0.1, 0.15) is 59.7 Å². The number of nitrogens with one attached hydrogen (secondary N) is 2. The minimum absolute atomic E-state index is 0.0858. The molecule has 2 N–H and O–H groups in total. The molecule has 1 aliphatic rings. The summed E-state index contributed by atoms with van der Waals surface area (Å²) in [5.41, 5.74) is 4.85. The molecule has 1 saturated heterocycles. The van der Waals surface area contributed by atoms with E-state index in [1.807, 2.05) is 54.3 Å². The lowest BCUT2D eigenvalue weighted by molar-refractivity contribution is 0.0950. The number of rotatable bonds is 8. The van der Waals surface area contributed by atoms with Crippen LogP contribution in [0, 0.1) is 0 Å². The van der Waals surface area contributed by atoms with Crippen LogP contribution in [0.25, 0.3) is 0 Å². The summed E-state index contributed by atoms with van der Waals surface area (Å²) in [6.07, 6.45) is 2.91. The average molecular weight is 486 g/mol. The topological polar surface area (TPSA) is 70.7 Å². The number of ether oxygens (including phenoxy) is 1. The Bertz CT molecular complexity index is 1160. The summed E-state index contributed by atoms with van der Waals surface area (Å²) in [6, 6.07) is 23.4. The van der Waals surface area contributed by atoms with Gasteiger partial charge in [-0.2, -0.15) is 0 Å². The molecule has 3 amide bonds. The van der Waals surface area contributed by atoms with Gasteiger partial charge in [0.15, 0.2) is 0 Å². The predicted molar refractivity (Wildman–Crippen MR) is 144 cm³/mol. The van der Waals surface area contributed by atoms with Gasteiger partial charge in [0, 0.05) is 36.8 Å². The van der Waals surface area contributed by atoms with Crippen LogP contribution in [0.5, 0.6) is 5.75 Å². The summed E-state index contributed by atoms with van der Waals surface area (Å²) >= 11 is 0. The van der Waals surface area contributed by atoms with Crippen LogP contribution in [0.2, 0.25) is 0 Å². The molecule has 1 fully saturated rings. The molecule has 0 aromatic heterocycles. The molecule has 4 rings (SSSR count). The second kappa shape index (κ2) is 12.2. The van der Waals surface area contributed by atoms with E-state index in [0.717, 1.165) is 48.4 Å². The first-order valence-corrected chi connectivity index (χ1v) is 12.8. The Morgan fingerprint density at radius 3 is 2.44 bits per heavy atom. The largest absolute Gasteiger partial charge is 0.494 e. The molecule has 1 aliphatic heterocycles. The number of hydrogen-bond acceptors (Lipinski definition) is 3. The van der Waals surface area contributed by atoms with Gasteiger partial charge in [0.1, 0.15) is 5.75 Å². The van der Waals surface area contributed by atoms with E-state index in [-0.39, 0.29) is 17.9 Å². The van der Waals surface area contributed by atoms with E-state index in [1.54, 1.807) is 0 Å². The van der Waals surface area contributed by atoms with Crippen molar-refractivity contribution in [1.82, 2.24) is 10.2 Å². The first-order chi connectivity index (χ1) is 17.6. The number of likely N-dealkylation sites (tertiary alicyclic amines) is 1. The zero-order valence-electron chi connectivity index (χ0n) is 21.1. The summed E-state index contributed by atoms with van der Waals surface area (Å²) in [4.78, 5) is 27.6. The maximum atomic E-state index is 12.9. The number of hydrogen-bond donors (Lipinski definition) is 2. The van der Waals surface area contributed by atoms with Crippen molar-refractivity contribution in [3.05, 3.63) is 95.1 Å². The number of urea groups is 1. The molecule has 188 valence electrons. The van der Waals surface area contributed by atoms with Crippen molar-refractivity contribution in [2.24, 2.45) is 0 Å². The fourth-order valence-corrected chi connectivity index (χ4v) is 4.55. The molecule has 0 saturated carbocycles. The van der Waals surface area contributed by atoms with Gasteiger partial charge >= 0.3 is 6.03 Å². The van der Waals surface area contributed by atoms with Gasteiger partial charge in [-0.1, -0.05) is 43.3 Å². The molecule has 0 aliphatic carbocycles. The molecule has 0 radical (unpaired) electrons. The van der Waals surface area contributed by atoms with Gasteiger partial charge < -0.3 is 20.3 Å². The van der Waals surface area contributed by atoms with Gasteiger partial charge in [-0.25, -0.2) is 4.79 Å². The molecule has 3 aromatic rings. The zero-order valence-corrected chi connectivity index (χ0v) is 21.1. The van der Waals surface area contributed by atoms with E-state index in [9.17, 15) is 9.59 Å². The summed E-state index contributed by atoms with van der Waals surface area (Å²) in [6.45, 7) is 6.52. The van der Waals surface area contributed by atoms with E-state index in [4.69, 9.17) is 4.74 Å². The Hall–Kier alpha value is -3.80. The van der Waals surface area contributed by atoms with E-state index in [0.29, 0.717) is 25.3 Å². The Balaban J connectivity index is 1.34. The second-order valence-electron chi connectivity index (χ2n) is 9.15. The standard InChI is InChI=1S/C30H35N3O3/c1-3-22-10-12-23(13-11-22)20-31-29(34)25-8-5-7-24(19-25)26-9-6-18-33(21-26)30(35)32-27-14-16-28(17-15-27)36-4-2/h5,7-8,10-17,19,26H,3-4,6,9,18,20-21H2,1-2H3,(H,31,34)(H,32,35)/t26-/m1/s1. The number of carbonyl (C=O) groups excluding carboxylic acids is 2. The van der Waals surface area contributed by atoms with Crippen LogP contribution in [0.15, 0.2) is 72.8 Å². The maximum Gasteiger partial charge on any atom is 0.321 e. The third-order valence-electron chi connectivity index (χ3n) is 6.63. The second-order valence-corrected chi connectivity index (χ2v) is 9.15. The molecule has 3 aromatic carbocycles. The fraction of sp³-hybridized carbons (Fsp3) is 0.333. The van der Waals surface area contributed by atoms with Crippen molar-refractivity contribution in [2.75, 3.05) is 25.0 Å². The number of aryl methyl sites for hydroxylation is 1. The van der Waals surface area contributed by atoms with Crippen molar-refractivity contribution in [1.29, 1.82) is 0 Å². The Labute approximate surface area is 213 Å². The lowest BCUT2D eigenvalue weighted by atomic mass is 9.89. The summed E-state index contributed by atoms with van der Waals surface area (Å²) in [7, 11) is 0. The highest BCUT2D eigenvalue weighted by Crippen LogP contribution is 2.28. The molecular weight excluding hydrogens is 450 g/mol. The van der Waals surface area contributed by atoms with Crippen LogP contribution in [-0.4, -0.2) is 36.5 Å². The third-order valence-corrected chi connectivity index (χ3v) is 6.63. The summed E-state index contributed by atoms with van der Waals surface area (Å²) < 4.78 is 5.47. The molecule has 6 heteroatoms. The first kappa shape index (κ1) is 25.3. The highest BCUT2D eigenvalue weighted by molar-refractivity contribution is 5.94. The lowest BCUT2D eigenvalue weighted by Crippen LogP contribution is -2.41. The van der Waals surface area contributed by atoms with Crippen molar-refractivity contribution in [2.45, 2.75) is 45.6 Å². The zero-order chi connectivity index (χ0) is 25.3. The highest BCUT2D eigenvalue weighted by atomic mass is 16.5. The molecule has 1 atom stereocenters. The number of benzene rings is 3. The number of amides is 3. The molecule has 6 nitrogen and oxygen atoms in total. The predicted octanol–water partition coefficient (Wildman–Crippen LogP) is 5.99. The minimum Gasteiger partial charge on any atom is -0.494 e. The normalized spacial score (nSPS) is 15.3. The minimum atomic E-state index is -0.105. The molecule has 1 heterocycles. The summed E-state index contributed by atoms with van der Waals surface area (Å²) in [5, 5.41) is 6.02. The Kier molecular flexibility index (Phi) is 8.61. The quantitative estimate of drug-likeness (QED) is 0.412. The van der Waals surface area contributed by atoms with Gasteiger partial charge in [-0.15, -0.1) is 0 Å². The maximum absolute atomic E-state index is 12.9. The van der Waals surface area contributed by atoms with Gasteiger partial charge in [0.25, 0.3) is 5.91 Å². The van der Waals surface area contributed by atoms with Gasteiger partial charge in [0.05, 0.1) is 6.61 Å². The van der Waals surface area contributed by atoms with Crippen LogP contribution in [0.4, 0.5) is 10.5 Å². The highest BCUT2D eigenvalue weighted by Gasteiger charge is 2.25. The molecule has 0 bridgehead atoms. The van der Waals surface area contributed by atoms with Crippen molar-refractivity contribution >= 4 is 17.6 Å². The fourth-order valence-electron chi connectivity index (χ4n) is 4.55. The molecule has 0 spiro atoms. The van der Waals surface area contributed by atoms with Crippen molar-refractivity contribution in [3.63, 3.8) is 0 Å². The Morgan fingerprint density at radius 1 is 0.972 bits per heavy atom. The van der Waals surface area contributed by atoms with Crippen LogP contribution >= 0.6 is 0 Å². The number of piperidine rings is 1. The first-order valence-electron chi connectivity index (χ1n) is 12.8. The van der Waals surface area contributed by atoms with Crippen molar-refractivity contribution in [3.8, 4) is 5.75 Å². The third kappa shape index (κ3) is 6.66. The number of nitrogens with zero attached hydrogens (tertiary/aromatic N) is 1. The molecule has 0 unspecified atom stereocenters. The van der Waals surface area contributed by atoms with E-state index in [1.165, 1.54) is 5.56 Å². The van der Waals surface area contributed by atoms with Gasteiger partial charge in [0.2, 0.25) is 0 Å². The molecule has 36 heavy (non-hydrogen) atoms. The summed E-state index contributed by atoms with van der Waals surface area (Å²) in [5.74, 6) is 0.892. The number of carbonyl (C=O) groups is 2. The SMILES string of the molecule is CCOc1ccc(NC(=O)N2CCC[C@@H](c3cccc(C(=O)NCc4ccc(CC)cc4)c3)C2)cc1.